The van der Waals surface area contributed by atoms with Crippen LogP contribution in [-0.4, -0.2) is 39.7 Å². The van der Waals surface area contributed by atoms with Gasteiger partial charge in [0.15, 0.2) is 0 Å². The minimum absolute atomic E-state index is 0.0122. The van der Waals surface area contributed by atoms with E-state index in [0.717, 1.165) is 36.4 Å². The zero-order valence-corrected chi connectivity index (χ0v) is 22.5. The van der Waals surface area contributed by atoms with Crippen molar-refractivity contribution >= 4 is 47.0 Å². The van der Waals surface area contributed by atoms with Gasteiger partial charge in [-0.25, -0.2) is 0 Å². The van der Waals surface area contributed by atoms with Crippen molar-refractivity contribution in [3.63, 3.8) is 0 Å². The summed E-state index contributed by atoms with van der Waals surface area (Å²) in [4.78, 5) is 26.7. The number of hydrogen-bond donors (Lipinski definition) is 2. The van der Waals surface area contributed by atoms with Gasteiger partial charge in [-0.2, -0.15) is 0 Å². The number of carboxylic acid groups (broad SMARTS) is 1. The maximum Gasteiger partial charge on any atom is 0.304 e. The summed E-state index contributed by atoms with van der Waals surface area (Å²) in [5.74, 6) is -0.857. The van der Waals surface area contributed by atoms with Gasteiger partial charge in [-0.1, -0.05) is 79.3 Å². The highest BCUT2D eigenvalue weighted by molar-refractivity contribution is 7.97. The van der Waals surface area contributed by atoms with Crippen LogP contribution >= 0.6 is 35.1 Å². The molecule has 3 atom stereocenters. The van der Waals surface area contributed by atoms with Gasteiger partial charge in [0, 0.05) is 33.8 Å². The molecule has 35 heavy (non-hydrogen) atoms. The number of halogens is 2. The highest BCUT2D eigenvalue weighted by Gasteiger charge is 2.45. The van der Waals surface area contributed by atoms with E-state index in [1.807, 2.05) is 59.5 Å². The van der Waals surface area contributed by atoms with E-state index in [1.54, 1.807) is 11.9 Å². The summed E-state index contributed by atoms with van der Waals surface area (Å²) in [5.41, 5.74) is 1.08. The highest BCUT2D eigenvalue weighted by atomic mass is 35.5. The van der Waals surface area contributed by atoms with Crippen molar-refractivity contribution in [2.75, 3.05) is 6.54 Å². The monoisotopic (exact) mass is 536 g/mol. The van der Waals surface area contributed by atoms with E-state index in [2.05, 4.69) is 18.6 Å². The molecule has 3 unspecified atom stereocenters. The van der Waals surface area contributed by atoms with E-state index in [0.29, 0.717) is 22.6 Å². The van der Waals surface area contributed by atoms with Gasteiger partial charge in [-0.3, -0.25) is 14.3 Å². The zero-order valence-electron chi connectivity index (χ0n) is 20.2. The smallest absolute Gasteiger partial charge is 0.304 e. The number of hydrogen-bond acceptors (Lipinski definition) is 4. The van der Waals surface area contributed by atoms with Gasteiger partial charge in [-0.05, 0) is 61.4 Å². The molecule has 1 aliphatic heterocycles. The number of rotatable bonds is 9. The van der Waals surface area contributed by atoms with Crippen molar-refractivity contribution in [3.8, 4) is 0 Å². The number of carboxylic acids is 1. The van der Waals surface area contributed by atoms with Crippen LogP contribution in [0.15, 0.2) is 54.6 Å². The van der Waals surface area contributed by atoms with E-state index in [9.17, 15) is 14.7 Å². The molecule has 1 amide bonds. The van der Waals surface area contributed by atoms with Crippen LogP contribution in [-0.2, 0) is 9.59 Å². The third-order valence-corrected chi connectivity index (χ3v) is 7.58. The predicted molar refractivity (Wildman–Crippen MR) is 145 cm³/mol. The lowest BCUT2D eigenvalue weighted by Crippen LogP contribution is -2.53. The molecule has 1 heterocycles. The highest BCUT2D eigenvalue weighted by Crippen LogP contribution is 2.43. The maximum atomic E-state index is 13.4. The summed E-state index contributed by atoms with van der Waals surface area (Å²) in [5, 5.41) is 11.2. The Kier molecular flexibility index (Phi) is 10.8. The Morgan fingerprint density at radius 3 is 2.17 bits per heavy atom. The second-order valence-corrected chi connectivity index (χ2v) is 11.7. The van der Waals surface area contributed by atoms with E-state index < -0.39 is 11.9 Å². The van der Waals surface area contributed by atoms with E-state index in [4.69, 9.17) is 23.2 Å². The number of amides is 1. The van der Waals surface area contributed by atoms with Crippen molar-refractivity contribution in [3.05, 3.63) is 70.2 Å². The van der Waals surface area contributed by atoms with Crippen molar-refractivity contribution < 1.29 is 14.7 Å². The number of piperidine rings is 1. The van der Waals surface area contributed by atoms with E-state index in [-0.39, 0.29) is 24.4 Å². The first kappa shape index (κ1) is 27.9. The number of carbonyl (C=O) groups excluding carboxylic acids is 1. The van der Waals surface area contributed by atoms with Crippen LogP contribution in [0.25, 0.3) is 0 Å². The molecule has 190 valence electrons. The summed E-state index contributed by atoms with van der Waals surface area (Å²) in [6, 6.07) is 17.2. The fourth-order valence-electron chi connectivity index (χ4n) is 4.48. The Morgan fingerprint density at radius 2 is 1.66 bits per heavy atom. The van der Waals surface area contributed by atoms with Gasteiger partial charge in [0.05, 0.1) is 12.5 Å². The van der Waals surface area contributed by atoms with Gasteiger partial charge in [0.2, 0.25) is 5.91 Å². The Balaban J connectivity index is 0.000000420. The van der Waals surface area contributed by atoms with Crippen LogP contribution in [0.3, 0.4) is 0 Å². The second-order valence-electron chi connectivity index (χ2n) is 9.40. The molecule has 2 aromatic carbocycles. The standard InChI is InChI=1S/C21H29ClN2O3S.C6H5Cl/c1-13(2)28-23-12-19(15-3-4-15)24-18(14-5-8-17(22)9-6-14)10-7-16(21(24)27)11-20(25)26;7-6-4-2-1-3-5-6/h5-6,8-9,13,15-16,18-19,23H,3-4,7,10-12H2,1-2H3,(H,25,26);1-5H. The van der Waals surface area contributed by atoms with Crippen LogP contribution in [0.4, 0.5) is 0 Å². The quantitative estimate of drug-likeness (QED) is 0.342. The fourth-order valence-corrected chi connectivity index (χ4v) is 5.35. The molecule has 4 rings (SSSR count). The fraction of sp³-hybridized carbons (Fsp3) is 0.481. The van der Waals surface area contributed by atoms with Gasteiger partial charge < -0.3 is 10.0 Å². The van der Waals surface area contributed by atoms with Crippen molar-refractivity contribution in [1.29, 1.82) is 0 Å². The Hall–Kier alpha value is -1.73. The summed E-state index contributed by atoms with van der Waals surface area (Å²) >= 11 is 13.3. The van der Waals surface area contributed by atoms with Crippen LogP contribution in [0, 0.1) is 11.8 Å². The third-order valence-electron chi connectivity index (χ3n) is 6.27. The third kappa shape index (κ3) is 8.71. The first-order chi connectivity index (χ1) is 16.8. The average Bonchev–Trinajstić information content (AvgIpc) is 3.65. The lowest BCUT2D eigenvalue weighted by atomic mass is 9.84. The van der Waals surface area contributed by atoms with Crippen LogP contribution in [0.2, 0.25) is 10.0 Å². The minimum Gasteiger partial charge on any atom is -0.481 e. The molecule has 2 fully saturated rings. The number of benzene rings is 2. The molecule has 2 N–H and O–H groups in total. The molecule has 2 aliphatic rings. The molecule has 8 heteroatoms. The van der Waals surface area contributed by atoms with Gasteiger partial charge in [0.25, 0.3) is 0 Å². The minimum atomic E-state index is -0.903. The molecule has 0 spiro atoms. The maximum absolute atomic E-state index is 13.4. The SMILES string of the molecule is CC(C)SNCC(C1CC1)N1C(=O)C(CC(=O)O)CCC1c1ccc(Cl)cc1.Clc1ccccc1. The Labute approximate surface area is 222 Å². The lowest BCUT2D eigenvalue weighted by molar-refractivity contribution is -0.151. The molecule has 1 aliphatic carbocycles. The summed E-state index contributed by atoms with van der Waals surface area (Å²) in [6.07, 6.45) is 3.55. The summed E-state index contributed by atoms with van der Waals surface area (Å²) < 4.78 is 3.45. The van der Waals surface area contributed by atoms with E-state index >= 15 is 0 Å². The molecule has 5 nitrogen and oxygen atoms in total. The largest absolute Gasteiger partial charge is 0.481 e. The normalized spacial score (nSPS) is 20.8. The number of likely N-dealkylation sites (tertiary alicyclic amines) is 1. The number of nitrogens with one attached hydrogen (secondary N) is 1. The molecule has 0 radical (unpaired) electrons. The lowest BCUT2D eigenvalue weighted by Gasteiger charge is -2.44. The molecule has 2 aromatic rings. The van der Waals surface area contributed by atoms with E-state index in [1.165, 1.54) is 0 Å². The van der Waals surface area contributed by atoms with Crippen molar-refractivity contribution in [1.82, 2.24) is 9.62 Å². The molecular formula is C27H34Cl2N2O3S. The predicted octanol–water partition coefficient (Wildman–Crippen LogP) is 6.86. The number of carbonyl (C=O) groups is 2. The van der Waals surface area contributed by atoms with Gasteiger partial charge in [-0.15, -0.1) is 0 Å². The van der Waals surface area contributed by atoms with Gasteiger partial charge >= 0.3 is 5.97 Å². The Bertz CT molecular complexity index is 955. The first-order valence-corrected chi connectivity index (χ1v) is 13.8. The first-order valence-electron chi connectivity index (χ1n) is 12.1. The summed E-state index contributed by atoms with van der Waals surface area (Å²) in [6.45, 7) is 4.99. The Morgan fingerprint density at radius 1 is 1.03 bits per heavy atom. The number of aliphatic carboxylic acids is 1. The van der Waals surface area contributed by atoms with Crippen LogP contribution in [0.5, 0.6) is 0 Å². The molecular weight excluding hydrogens is 503 g/mol. The molecule has 0 aromatic heterocycles. The van der Waals surface area contributed by atoms with Crippen molar-refractivity contribution in [2.24, 2.45) is 11.8 Å². The average molecular weight is 538 g/mol. The van der Waals surface area contributed by atoms with Gasteiger partial charge in [0.1, 0.15) is 0 Å². The van der Waals surface area contributed by atoms with Crippen molar-refractivity contribution in [2.45, 2.75) is 63.3 Å². The topological polar surface area (TPSA) is 69.6 Å². The summed E-state index contributed by atoms with van der Waals surface area (Å²) in [7, 11) is 0. The van der Waals surface area contributed by atoms with Crippen LogP contribution in [0.1, 0.15) is 57.6 Å². The number of nitrogens with zero attached hydrogens (tertiary/aromatic N) is 1. The molecule has 0 bridgehead atoms. The van der Waals surface area contributed by atoms with Crippen LogP contribution < -0.4 is 4.72 Å². The molecule has 1 saturated heterocycles. The second kappa shape index (κ2) is 13.5. The zero-order chi connectivity index (χ0) is 25.4. The molecule has 1 saturated carbocycles.